The molecule has 0 bridgehead atoms. The molecule has 4 nitrogen and oxygen atoms in total. The Bertz CT molecular complexity index is 351. The van der Waals surface area contributed by atoms with Crippen molar-refractivity contribution >= 4 is 23.7 Å². The summed E-state index contributed by atoms with van der Waals surface area (Å²) in [7, 11) is 0. The molecule has 1 rings (SSSR count). The van der Waals surface area contributed by atoms with Gasteiger partial charge in [0.2, 0.25) is 6.29 Å². The summed E-state index contributed by atoms with van der Waals surface area (Å²) in [5.74, 6) is 0. The summed E-state index contributed by atoms with van der Waals surface area (Å²) >= 11 is 1.27. The first-order chi connectivity index (χ1) is 6.19. The van der Waals surface area contributed by atoms with Crippen molar-refractivity contribution in [3.8, 4) is 0 Å². The van der Waals surface area contributed by atoms with Crippen LogP contribution in [0.5, 0.6) is 0 Å². The molecule has 13 heavy (non-hydrogen) atoms. The van der Waals surface area contributed by atoms with Gasteiger partial charge in [-0.2, -0.15) is 0 Å². The van der Waals surface area contributed by atoms with E-state index in [9.17, 15) is 14.9 Å². The van der Waals surface area contributed by atoms with Crippen LogP contribution in [0.3, 0.4) is 0 Å². The highest BCUT2D eigenvalue weighted by Gasteiger charge is 2.13. The fraction of sp³-hybridized carbons (Fsp3) is 0.125. The minimum Gasteiger partial charge on any atom is -0.285 e. The average molecular weight is 196 g/mol. The molecule has 0 N–H and O–H groups in total. The number of carbonyl (C=O) groups excluding carboxylic acids is 1. The van der Waals surface area contributed by atoms with Crippen LogP contribution in [-0.4, -0.2) is 17.5 Å². The molecule has 0 aromatic heterocycles. The highest BCUT2D eigenvalue weighted by atomic mass is 32.2. The van der Waals surface area contributed by atoms with Crippen molar-refractivity contribution in [1.29, 1.82) is 0 Å². The maximum absolute atomic E-state index is 10.5. The lowest BCUT2D eigenvalue weighted by atomic mass is 10.2. The zero-order valence-electron chi connectivity index (χ0n) is 6.81. The van der Waals surface area contributed by atoms with Crippen molar-refractivity contribution in [3.63, 3.8) is 0 Å². The number of rotatable bonds is 3. The molecule has 5 heteroatoms. The fourth-order valence-electron chi connectivity index (χ4n) is 0.896. The van der Waals surface area contributed by atoms with E-state index >= 15 is 0 Å². The Balaban J connectivity index is 3.25. The number of benzene rings is 1. The van der Waals surface area contributed by atoms with Gasteiger partial charge in [-0.15, -0.1) is 11.8 Å². The van der Waals surface area contributed by atoms with Gasteiger partial charge in [0.25, 0.3) is 5.69 Å². The number of hydrogen-bond acceptors (Lipinski definition) is 4. The second kappa shape index (κ2) is 4.04. The smallest absolute Gasteiger partial charge is 0.283 e. The van der Waals surface area contributed by atoms with Crippen molar-refractivity contribution in [2.45, 2.75) is 4.90 Å². The fourth-order valence-corrected chi connectivity index (χ4v) is 1.44. The SMILES string of the molecule is CSc1ccc([C]=O)cc1[N+](=O)[O-]. The number of hydrogen-bond donors (Lipinski definition) is 0. The van der Waals surface area contributed by atoms with Gasteiger partial charge in [0.15, 0.2) is 0 Å². The molecular formula is C8H6NO3S. The first-order valence-electron chi connectivity index (χ1n) is 3.39. The summed E-state index contributed by atoms with van der Waals surface area (Å²) in [6.07, 6.45) is 3.35. The number of nitrogens with zero attached hydrogens (tertiary/aromatic N) is 1. The average Bonchev–Trinajstić information content (AvgIpc) is 2.16. The first kappa shape index (κ1) is 9.73. The van der Waals surface area contributed by atoms with Crippen LogP contribution in [0, 0.1) is 10.1 Å². The van der Waals surface area contributed by atoms with Crippen LogP contribution >= 0.6 is 11.8 Å². The third-order valence-corrected chi connectivity index (χ3v) is 2.28. The molecule has 0 aliphatic heterocycles. The second-order valence-corrected chi connectivity index (χ2v) is 3.09. The maximum Gasteiger partial charge on any atom is 0.283 e. The van der Waals surface area contributed by atoms with E-state index in [0.717, 1.165) is 0 Å². The van der Waals surface area contributed by atoms with Crippen LogP contribution in [0.25, 0.3) is 0 Å². The lowest BCUT2D eigenvalue weighted by Crippen LogP contribution is -1.92. The highest BCUT2D eigenvalue weighted by Crippen LogP contribution is 2.27. The summed E-state index contributed by atoms with van der Waals surface area (Å²) in [6.45, 7) is 0. The van der Waals surface area contributed by atoms with E-state index in [1.54, 1.807) is 18.6 Å². The summed E-state index contributed by atoms with van der Waals surface area (Å²) in [5.41, 5.74) is 0.151. The van der Waals surface area contributed by atoms with Gasteiger partial charge < -0.3 is 0 Å². The van der Waals surface area contributed by atoms with Crippen molar-refractivity contribution in [3.05, 3.63) is 33.9 Å². The molecular weight excluding hydrogens is 190 g/mol. The van der Waals surface area contributed by atoms with Gasteiger partial charge in [0, 0.05) is 11.6 Å². The van der Waals surface area contributed by atoms with Gasteiger partial charge in [-0.1, -0.05) is 0 Å². The Morgan fingerprint density at radius 3 is 2.69 bits per heavy atom. The third kappa shape index (κ3) is 2.06. The quantitative estimate of drug-likeness (QED) is 0.420. The Labute approximate surface area is 79.1 Å². The van der Waals surface area contributed by atoms with Gasteiger partial charge in [-0.3, -0.25) is 14.9 Å². The van der Waals surface area contributed by atoms with Gasteiger partial charge in [0.1, 0.15) is 0 Å². The van der Waals surface area contributed by atoms with Crippen LogP contribution in [0.4, 0.5) is 5.69 Å². The van der Waals surface area contributed by atoms with Crippen LogP contribution in [-0.2, 0) is 4.79 Å². The molecule has 0 spiro atoms. The van der Waals surface area contributed by atoms with Gasteiger partial charge in [-0.25, -0.2) is 0 Å². The predicted molar refractivity (Wildman–Crippen MR) is 49.7 cm³/mol. The van der Waals surface area contributed by atoms with Gasteiger partial charge in [-0.05, 0) is 18.4 Å². The van der Waals surface area contributed by atoms with Crippen molar-refractivity contribution in [1.82, 2.24) is 0 Å². The van der Waals surface area contributed by atoms with Crippen LogP contribution < -0.4 is 0 Å². The molecule has 0 amide bonds. The zero-order valence-corrected chi connectivity index (χ0v) is 7.63. The number of nitro groups is 1. The molecule has 0 saturated carbocycles. The second-order valence-electron chi connectivity index (χ2n) is 2.25. The Hall–Kier alpha value is -1.36. The van der Waals surface area contributed by atoms with E-state index in [4.69, 9.17) is 0 Å². The summed E-state index contributed by atoms with van der Waals surface area (Å²) < 4.78 is 0. The van der Waals surface area contributed by atoms with Crippen molar-refractivity contribution < 1.29 is 9.72 Å². The molecule has 0 unspecified atom stereocenters. The minimum absolute atomic E-state index is 0.0478. The van der Waals surface area contributed by atoms with E-state index in [1.807, 2.05) is 0 Å². The third-order valence-electron chi connectivity index (χ3n) is 1.49. The number of thioether (sulfide) groups is 1. The monoisotopic (exact) mass is 196 g/mol. The first-order valence-corrected chi connectivity index (χ1v) is 4.62. The molecule has 0 heterocycles. The van der Waals surface area contributed by atoms with E-state index in [1.165, 1.54) is 23.9 Å². The molecule has 67 valence electrons. The molecule has 0 saturated heterocycles. The summed E-state index contributed by atoms with van der Waals surface area (Å²) in [4.78, 5) is 20.8. The Morgan fingerprint density at radius 2 is 2.23 bits per heavy atom. The zero-order chi connectivity index (χ0) is 9.84. The van der Waals surface area contributed by atoms with Gasteiger partial charge in [0.05, 0.1) is 9.82 Å². The summed E-state index contributed by atoms with van der Waals surface area (Å²) in [6, 6.07) is 4.27. The Morgan fingerprint density at radius 1 is 1.54 bits per heavy atom. The van der Waals surface area contributed by atoms with Gasteiger partial charge >= 0.3 is 0 Å². The maximum atomic E-state index is 10.5. The minimum atomic E-state index is -0.507. The van der Waals surface area contributed by atoms with Crippen LogP contribution in [0.2, 0.25) is 0 Å². The molecule has 0 aliphatic rings. The topological polar surface area (TPSA) is 60.2 Å². The van der Waals surface area contributed by atoms with Crippen molar-refractivity contribution in [2.75, 3.05) is 6.26 Å². The molecule has 0 aliphatic carbocycles. The van der Waals surface area contributed by atoms with Crippen molar-refractivity contribution in [2.24, 2.45) is 0 Å². The van der Waals surface area contributed by atoms with E-state index in [2.05, 4.69) is 0 Å². The highest BCUT2D eigenvalue weighted by molar-refractivity contribution is 7.98. The largest absolute Gasteiger partial charge is 0.285 e. The number of nitro benzene ring substituents is 1. The normalized spacial score (nSPS) is 9.62. The van der Waals surface area contributed by atoms with E-state index in [-0.39, 0.29) is 11.3 Å². The lowest BCUT2D eigenvalue weighted by molar-refractivity contribution is -0.387. The van der Waals surface area contributed by atoms with Crippen LogP contribution in [0.1, 0.15) is 5.56 Å². The Kier molecular flexibility index (Phi) is 3.02. The van der Waals surface area contributed by atoms with Crippen LogP contribution in [0.15, 0.2) is 23.1 Å². The molecule has 0 fully saturated rings. The van der Waals surface area contributed by atoms with E-state index < -0.39 is 4.92 Å². The molecule has 1 radical (unpaired) electrons. The molecule has 1 aromatic carbocycles. The summed E-state index contributed by atoms with van der Waals surface area (Å²) in [5, 5.41) is 10.5. The standard InChI is InChI=1S/C8H6NO3S/c1-13-8-3-2-6(5-10)4-7(8)9(11)12/h2-4H,1H3. The predicted octanol–water partition coefficient (Wildman–Crippen LogP) is 1.77. The molecule has 1 aromatic rings. The molecule has 0 atom stereocenters. The van der Waals surface area contributed by atoms with E-state index in [0.29, 0.717) is 4.90 Å². The lowest BCUT2D eigenvalue weighted by Gasteiger charge is -1.98.